The molecular formula is C6H3BrClN3. The van der Waals surface area contributed by atoms with Crippen LogP contribution < -0.4 is 0 Å². The van der Waals surface area contributed by atoms with Crippen LogP contribution in [0.3, 0.4) is 0 Å². The Morgan fingerprint density at radius 1 is 1.36 bits per heavy atom. The molecule has 3 nitrogen and oxygen atoms in total. The third-order valence-electron chi connectivity index (χ3n) is 1.32. The lowest BCUT2D eigenvalue weighted by Gasteiger charge is -1.93. The molecule has 0 bridgehead atoms. The molecule has 5 heteroatoms. The summed E-state index contributed by atoms with van der Waals surface area (Å²) in [7, 11) is 0. The van der Waals surface area contributed by atoms with E-state index in [0.29, 0.717) is 5.15 Å². The first-order valence-electron chi connectivity index (χ1n) is 2.91. The smallest absolute Gasteiger partial charge is 0.156 e. The van der Waals surface area contributed by atoms with Crippen LogP contribution in [0.25, 0.3) is 5.65 Å². The zero-order valence-electron chi connectivity index (χ0n) is 5.33. The molecule has 0 atom stereocenters. The van der Waals surface area contributed by atoms with Crippen LogP contribution in [-0.4, -0.2) is 14.4 Å². The fourth-order valence-electron chi connectivity index (χ4n) is 0.836. The van der Waals surface area contributed by atoms with Crippen molar-refractivity contribution >= 4 is 33.2 Å². The molecule has 0 N–H and O–H groups in total. The first-order valence-corrected chi connectivity index (χ1v) is 4.08. The van der Waals surface area contributed by atoms with E-state index >= 15 is 0 Å². The van der Waals surface area contributed by atoms with Crippen LogP contribution in [0, 0.1) is 0 Å². The second-order valence-corrected chi connectivity index (χ2v) is 3.22. The fourth-order valence-corrected chi connectivity index (χ4v) is 1.33. The first kappa shape index (κ1) is 7.06. The van der Waals surface area contributed by atoms with Crippen LogP contribution in [0.1, 0.15) is 0 Å². The van der Waals surface area contributed by atoms with Gasteiger partial charge in [-0.3, -0.25) is 4.40 Å². The van der Waals surface area contributed by atoms with Gasteiger partial charge in [0, 0.05) is 6.20 Å². The fraction of sp³-hybridized carbons (Fsp3) is 0. The Kier molecular flexibility index (Phi) is 1.58. The molecule has 0 saturated carbocycles. The van der Waals surface area contributed by atoms with Crippen LogP contribution in [-0.2, 0) is 0 Å². The molecule has 11 heavy (non-hydrogen) atoms. The van der Waals surface area contributed by atoms with Gasteiger partial charge in [-0.2, -0.15) is 0 Å². The van der Waals surface area contributed by atoms with E-state index < -0.39 is 0 Å². The van der Waals surface area contributed by atoms with Gasteiger partial charge in [-0.25, -0.2) is 9.97 Å². The average Bonchev–Trinajstić information content (AvgIpc) is 2.33. The number of fused-ring (bicyclic) bond motifs is 1. The summed E-state index contributed by atoms with van der Waals surface area (Å²) in [5, 5.41) is 0.586. The lowest BCUT2D eigenvalue weighted by Crippen LogP contribution is -1.86. The molecule has 0 aliphatic carbocycles. The highest BCUT2D eigenvalue weighted by molar-refractivity contribution is 9.10. The number of hydrogen-bond donors (Lipinski definition) is 0. The van der Waals surface area contributed by atoms with Crippen molar-refractivity contribution in [3.05, 3.63) is 28.3 Å². The predicted octanol–water partition coefficient (Wildman–Crippen LogP) is 2.15. The molecule has 0 aromatic carbocycles. The number of nitrogens with zero attached hydrogens (tertiary/aromatic N) is 3. The van der Waals surface area contributed by atoms with Gasteiger partial charge in [-0.1, -0.05) is 11.6 Å². The molecule has 0 spiro atoms. The van der Waals surface area contributed by atoms with Gasteiger partial charge in [0.15, 0.2) is 5.65 Å². The van der Waals surface area contributed by atoms with Crippen LogP contribution in [0.15, 0.2) is 23.2 Å². The lowest BCUT2D eigenvalue weighted by molar-refractivity contribution is 1.10. The minimum Gasteiger partial charge on any atom is -0.287 e. The Balaban J connectivity index is 2.87. The number of imidazole rings is 1. The summed E-state index contributed by atoms with van der Waals surface area (Å²) in [6, 6.07) is 0. The monoisotopic (exact) mass is 231 g/mol. The Morgan fingerprint density at radius 2 is 2.18 bits per heavy atom. The van der Waals surface area contributed by atoms with E-state index in [2.05, 4.69) is 25.9 Å². The number of halogens is 2. The predicted molar refractivity (Wildman–Crippen MR) is 45.7 cm³/mol. The van der Waals surface area contributed by atoms with Crippen LogP contribution in [0.4, 0.5) is 0 Å². The zero-order valence-corrected chi connectivity index (χ0v) is 7.67. The summed E-state index contributed by atoms with van der Waals surface area (Å²) in [6.07, 6.45) is 5.01. The summed E-state index contributed by atoms with van der Waals surface area (Å²) in [4.78, 5) is 8.00. The van der Waals surface area contributed by atoms with Crippen molar-refractivity contribution in [2.24, 2.45) is 0 Å². The Bertz CT molecular complexity index is 398. The molecule has 2 aromatic heterocycles. The van der Waals surface area contributed by atoms with Gasteiger partial charge < -0.3 is 0 Å². The van der Waals surface area contributed by atoms with Crippen LogP contribution >= 0.6 is 27.5 Å². The highest BCUT2D eigenvalue weighted by Crippen LogP contribution is 2.13. The van der Waals surface area contributed by atoms with Gasteiger partial charge in [-0.15, -0.1) is 0 Å². The van der Waals surface area contributed by atoms with Gasteiger partial charge in [0.1, 0.15) is 9.76 Å². The molecule has 0 fully saturated rings. The Hall–Kier alpha value is -0.610. The average molecular weight is 232 g/mol. The molecule has 0 radical (unpaired) electrons. The van der Waals surface area contributed by atoms with Gasteiger partial charge in [0.05, 0.1) is 12.4 Å². The molecule has 56 valence electrons. The Labute approximate surface area is 76.2 Å². The largest absolute Gasteiger partial charge is 0.287 e. The zero-order chi connectivity index (χ0) is 7.84. The molecule has 2 rings (SSSR count). The van der Waals surface area contributed by atoms with Gasteiger partial charge >= 0.3 is 0 Å². The van der Waals surface area contributed by atoms with E-state index in [9.17, 15) is 0 Å². The second kappa shape index (κ2) is 2.46. The molecule has 0 aliphatic rings. The summed E-state index contributed by atoms with van der Waals surface area (Å²) in [5.74, 6) is 0. The van der Waals surface area contributed by atoms with Crippen LogP contribution in [0.5, 0.6) is 0 Å². The van der Waals surface area contributed by atoms with Crippen molar-refractivity contribution in [3.8, 4) is 0 Å². The third kappa shape index (κ3) is 1.12. The van der Waals surface area contributed by atoms with Gasteiger partial charge in [0.25, 0.3) is 0 Å². The van der Waals surface area contributed by atoms with Crippen molar-refractivity contribution in [1.82, 2.24) is 14.4 Å². The molecule has 0 amide bonds. The minimum absolute atomic E-state index is 0.586. The molecule has 2 aromatic rings. The maximum Gasteiger partial charge on any atom is 0.156 e. The minimum atomic E-state index is 0.586. The topological polar surface area (TPSA) is 30.2 Å². The summed E-state index contributed by atoms with van der Waals surface area (Å²) in [6.45, 7) is 0. The highest BCUT2D eigenvalue weighted by Gasteiger charge is 1.99. The maximum absolute atomic E-state index is 5.80. The quantitative estimate of drug-likeness (QED) is 0.697. The number of aromatic nitrogens is 3. The van der Waals surface area contributed by atoms with Crippen molar-refractivity contribution in [1.29, 1.82) is 0 Å². The third-order valence-corrected chi connectivity index (χ3v) is 2.01. The number of rotatable bonds is 0. The molecular weight excluding hydrogens is 229 g/mol. The highest BCUT2D eigenvalue weighted by atomic mass is 79.9. The summed E-state index contributed by atoms with van der Waals surface area (Å²) >= 11 is 9.03. The molecule has 0 saturated heterocycles. The van der Waals surface area contributed by atoms with E-state index in [1.54, 1.807) is 23.0 Å². The van der Waals surface area contributed by atoms with Gasteiger partial charge in [0.2, 0.25) is 0 Å². The standard InChI is InChI=1S/C6H3BrClN3/c7-4-3-11-5(8)1-10-6(11)2-9-4/h1-3H. The Morgan fingerprint density at radius 3 is 3.00 bits per heavy atom. The van der Waals surface area contributed by atoms with E-state index in [-0.39, 0.29) is 0 Å². The summed E-state index contributed by atoms with van der Waals surface area (Å²) in [5.41, 5.74) is 0.748. The molecule has 0 unspecified atom stereocenters. The van der Waals surface area contributed by atoms with E-state index in [1.165, 1.54) is 0 Å². The normalized spacial score (nSPS) is 10.7. The first-order chi connectivity index (χ1) is 5.27. The SMILES string of the molecule is Clc1cnc2cnc(Br)cn12. The number of hydrogen-bond acceptors (Lipinski definition) is 2. The van der Waals surface area contributed by atoms with Crippen molar-refractivity contribution in [2.75, 3.05) is 0 Å². The molecule has 0 aliphatic heterocycles. The second-order valence-electron chi connectivity index (χ2n) is 2.02. The lowest BCUT2D eigenvalue weighted by atomic mass is 10.7. The van der Waals surface area contributed by atoms with Crippen LogP contribution in [0.2, 0.25) is 5.15 Å². The van der Waals surface area contributed by atoms with E-state index in [0.717, 1.165) is 10.3 Å². The van der Waals surface area contributed by atoms with Crippen molar-refractivity contribution in [3.63, 3.8) is 0 Å². The van der Waals surface area contributed by atoms with E-state index in [1.807, 2.05) is 0 Å². The molecule has 2 heterocycles. The maximum atomic E-state index is 5.80. The van der Waals surface area contributed by atoms with Crippen molar-refractivity contribution < 1.29 is 0 Å². The van der Waals surface area contributed by atoms with Crippen molar-refractivity contribution in [2.45, 2.75) is 0 Å². The summed E-state index contributed by atoms with van der Waals surface area (Å²) < 4.78 is 2.49. The van der Waals surface area contributed by atoms with Gasteiger partial charge in [-0.05, 0) is 15.9 Å². The van der Waals surface area contributed by atoms with E-state index in [4.69, 9.17) is 11.6 Å².